The normalized spacial score (nSPS) is 25.5. The van der Waals surface area contributed by atoms with Gasteiger partial charge in [0, 0.05) is 18.5 Å². The molecular formula is C20H23N3O. The third-order valence-corrected chi connectivity index (χ3v) is 4.93. The van der Waals surface area contributed by atoms with Crippen molar-refractivity contribution in [2.45, 2.75) is 24.8 Å². The molecule has 1 heterocycles. The van der Waals surface area contributed by atoms with Crippen LogP contribution in [-0.2, 0) is 0 Å². The summed E-state index contributed by atoms with van der Waals surface area (Å²) >= 11 is 0. The molecular weight excluding hydrogens is 298 g/mol. The number of nitrogens with zero attached hydrogens (tertiary/aromatic N) is 1. The minimum Gasteiger partial charge on any atom is -0.493 e. The smallest absolute Gasteiger partial charge is 0.189 e. The summed E-state index contributed by atoms with van der Waals surface area (Å²) in [6.07, 6.45) is 2.12. The Morgan fingerprint density at radius 3 is 2.79 bits per heavy atom. The first-order valence-electron chi connectivity index (χ1n) is 8.64. The lowest BCUT2D eigenvalue weighted by molar-refractivity contribution is 0.262. The molecule has 0 spiro atoms. The van der Waals surface area contributed by atoms with Crippen molar-refractivity contribution in [1.82, 2.24) is 5.32 Å². The molecule has 1 fully saturated rings. The summed E-state index contributed by atoms with van der Waals surface area (Å²) in [6, 6.07) is 19.0. The number of rotatable bonds is 4. The van der Waals surface area contributed by atoms with Crippen LogP contribution in [0.5, 0.6) is 5.75 Å². The minimum absolute atomic E-state index is 0.183. The second kappa shape index (κ2) is 6.56. The van der Waals surface area contributed by atoms with E-state index in [2.05, 4.69) is 46.7 Å². The van der Waals surface area contributed by atoms with Gasteiger partial charge in [-0.25, -0.2) is 0 Å². The Morgan fingerprint density at radius 2 is 1.92 bits per heavy atom. The first kappa shape index (κ1) is 15.1. The number of hydrogen-bond donors (Lipinski definition) is 2. The number of guanidine groups is 1. The second-order valence-corrected chi connectivity index (χ2v) is 6.61. The van der Waals surface area contributed by atoms with E-state index in [9.17, 15) is 0 Å². The van der Waals surface area contributed by atoms with Crippen LogP contribution in [0.25, 0.3) is 0 Å². The molecule has 0 aromatic heterocycles. The number of benzene rings is 2. The van der Waals surface area contributed by atoms with Crippen molar-refractivity contribution < 1.29 is 4.74 Å². The van der Waals surface area contributed by atoms with Gasteiger partial charge in [-0.2, -0.15) is 0 Å². The number of para-hydroxylation sites is 1. The van der Waals surface area contributed by atoms with Crippen LogP contribution in [0.2, 0.25) is 0 Å². The Balaban J connectivity index is 1.34. The van der Waals surface area contributed by atoms with E-state index in [0.717, 1.165) is 24.3 Å². The molecule has 4 heteroatoms. The molecule has 3 N–H and O–H groups in total. The zero-order valence-corrected chi connectivity index (χ0v) is 13.7. The highest BCUT2D eigenvalue weighted by atomic mass is 16.5. The molecule has 2 aromatic carbocycles. The molecule has 2 aliphatic rings. The van der Waals surface area contributed by atoms with Gasteiger partial charge in [-0.1, -0.05) is 48.5 Å². The molecule has 0 amide bonds. The molecule has 4 rings (SSSR count). The van der Waals surface area contributed by atoms with Gasteiger partial charge in [-0.3, -0.25) is 4.99 Å². The standard InChI is InChI=1S/C20H23N3O/c21-20(22-13-15-12-17(15)14-6-2-1-3-7-14)23-18-10-11-24-19-9-5-4-8-16(18)19/h1-9,15,17-18H,10-13H2,(H3,21,22,23)/t15-,17-,18?/m0/s1. The lowest BCUT2D eigenvalue weighted by atomic mass is 10.0. The molecule has 4 nitrogen and oxygen atoms in total. The van der Waals surface area contributed by atoms with Crippen LogP contribution in [0.3, 0.4) is 0 Å². The molecule has 2 aromatic rings. The molecule has 24 heavy (non-hydrogen) atoms. The summed E-state index contributed by atoms with van der Waals surface area (Å²) in [7, 11) is 0. The van der Waals surface area contributed by atoms with E-state index < -0.39 is 0 Å². The Kier molecular flexibility index (Phi) is 4.11. The maximum atomic E-state index is 6.12. The highest BCUT2D eigenvalue weighted by Gasteiger charge is 2.37. The number of ether oxygens (including phenoxy) is 1. The predicted octanol–water partition coefficient (Wildman–Crippen LogP) is 3.22. The monoisotopic (exact) mass is 321 g/mol. The van der Waals surface area contributed by atoms with Crippen molar-refractivity contribution in [3.05, 3.63) is 65.7 Å². The van der Waals surface area contributed by atoms with Crippen LogP contribution in [0, 0.1) is 5.92 Å². The SMILES string of the molecule is NC(=NC[C@@H]1C[C@H]1c1ccccc1)NC1CCOc2ccccc21. The van der Waals surface area contributed by atoms with Gasteiger partial charge in [0.15, 0.2) is 5.96 Å². The molecule has 0 saturated heterocycles. The van der Waals surface area contributed by atoms with Crippen LogP contribution in [0.4, 0.5) is 0 Å². The maximum absolute atomic E-state index is 6.12. The largest absolute Gasteiger partial charge is 0.493 e. The van der Waals surface area contributed by atoms with Crippen molar-refractivity contribution in [2.24, 2.45) is 16.6 Å². The van der Waals surface area contributed by atoms with E-state index in [0.29, 0.717) is 24.4 Å². The van der Waals surface area contributed by atoms with Gasteiger partial charge in [0.25, 0.3) is 0 Å². The van der Waals surface area contributed by atoms with Crippen molar-refractivity contribution in [3.63, 3.8) is 0 Å². The number of nitrogens with two attached hydrogens (primary N) is 1. The van der Waals surface area contributed by atoms with Gasteiger partial charge in [-0.15, -0.1) is 0 Å². The number of hydrogen-bond acceptors (Lipinski definition) is 2. The highest BCUT2D eigenvalue weighted by Crippen LogP contribution is 2.47. The van der Waals surface area contributed by atoms with Gasteiger partial charge in [-0.05, 0) is 29.9 Å². The van der Waals surface area contributed by atoms with E-state index >= 15 is 0 Å². The third-order valence-electron chi connectivity index (χ3n) is 4.93. The van der Waals surface area contributed by atoms with E-state index in [4.69, 9.17) is 10.5 Å². The fourth-order valence-corrected chi connectivity index (χ4v) is 3.49. The van der Waals surface area contributed by atoms with E-state index in [-0.39, 0.29) is 6.04 Å². The summed E-state index contributed by atoms with van der Waals surface area (Å²) in [5.74, 6) is 2.75. The molecule has 1 unspecified atom stereocenters. The zero-order chi connectivity index (χ0) is 16.4. The average Bonchev–Trinajstić information content (AvgIpc) is 3.41. The quantitative estimate of drug-likeness (QED) is 0.671. The molecule has 0 radical (unpaired) electrons. The first-order valence-corrected chi connectivity index (χ1v) is 8.64. The van der Waals surface area contributed by atoms with Crippen LogP contribution < -0.4 is 15.8 Å². The maximum Gasteiger partial charge on any atom is 0.189 e. The summed E-state index contributed by atoms with van der Waals surface area (Å²) < 4.78 is 5.69. The van der Waals surface area contributed by atoms with Crippen LogP contribution in [-0.4, -0.2) is 19.1 Å². The van der Waals surface area contributed by atoms with Crippen LogP contribution >= 0.6 is 0 Å². The molecule has 124 valence electrons. The van der Waals surface area contributed by atoms with Crippen molar-refractivity contribution in [2.75, 3.05) is 13.2 Å². The number of aliphatic imine (C=N–C) groups is 1. The first-order chi connectivity index (χ1) is 11.8. The van der Waals surface area contributed by atoms with Crippen molar-refractivity contribution in [3.8, 4) is 5.75 Å². The summed E-state index contributed by atoms with van der Waals surface area (Å²) in [6.45, 7) is 1.50. The Hall–Kier alpha value is -2.49. The summed E-state index contributed by atoms with van der Waals surface area (Å²) in [5.41, 5.74) is 8.70. The highest BCUT2D eigenvalue weighted by molar-refractivity contribution is 5.78. The number of nitrogens with one attached hydrogen (secondary N) is 1. The lowest BCUT2D eigenvalue weighted by Gasteiger charge is -2.26. The van der Waals surface area contributed by atoms with E-state index in [1.54, 1.807) is 0 Å². The molecule has 0 bridgehead atoms. The predicted molar refractivity (Wildman–Crippen MR) is 96.2 cm³/mol. The third kappa shape index (κ3) is 3.23. The Bertz CT molecular complexity index is 729. The molecule has 3 atom stereocenters. The summed E-state index contributed by atoms with van der Waals surface area (Å²) in [4.78, 5) is 4.57. The lowest BCUT2D eigenvalue weighted by Crippen LogP contribution is -2.37. The zero-order valence-electron chi connectivity index (χ0n) is 13.7. The van der Waals surface area contributed by atoms with Crippen LogP contribution in [0.15, 0.2) is 59.6 Å². The Labute approximate surface area is 142 Å². The van der Waals surface area contributed by atoms with Gasteiger partial charge in [0.05, 0.1) is 12.6 Å². The van der Waals surface area contributed by atoms with Crippen molar-refractivity contribution in [1.29, 1.82) is 0 Å². The Morgan fingerprint density at radius 1 is 1.12 bits per heavy atom. The van der Waals surface area contributed by atoms with Gasteiger partial charge in [0.1, 0.15) is 5.75 Å². The molecule has 1 aliphatic carbocycles. The second-order valence-electron chi connectivity index (χ2n) is 6.61. The van der Waals surface area contributed by atoms with Gasteiger partial charge < -0.3 is 15.8 Å². The fourth-order valence-electron chi connectivity index (χ4n) is 3.49. The van der Waals surface area contributed by atoms with Gasteiger partial charge in [0.2, 0.25) is 0 Å². The van der Waals surface area contributed by atoms with E-state index in [1.165, 1.54) is 12.0 Å². The van der Waals surface area contributed by atoms with Crippen molar-refractivity contribution >= 4 is 5.96 Å². The summed E-state index contributed by atoms with van der Waals surface area (Å²) in [5, 5.41) is 3.36. The average molecular weight is 321 g/mol. The number of fused-ring (bicyclic) bond motifs is 1. The van der Waals surface area contributed by atoms with Crippen LogP contribution in [0.1, 0.15) is 35.9 Å². The van der Waals surface area contributed by atoms with Gasteiger partial charge >= 0.3 is 0 Å². The molecule has 1 aliphatic heterocycles. The van der Waals surface area contributed by atoms with E-state index in [1.807, 2.05) is 18.2 Å². The molecule has 1 saturated carbocycles. The topological polar surface area (TPSA) is 59.6 Å². The fraction of sp³-hybridized carbons (Fsp3) is 0.350. The minimum atomic E-state index is 0.183.